The van der Waals surface area contributed by atoms with Crippen LogP contribution in [0.15, 0.2) is 54.6 Å². The molecule has 2 atom stereocenters. The minimum Gasteiger partial charge on any atom is -0.480 e. The Labute approximate surface area is 147 Å². The molecule has 0 radical (unpaired) electrons. The Hall–Kier alpha value is -2.24. The van der Waals surface area contributed by atoms with Crippen molar-refractivity contribution in [2.75, 3.05) is 26.2 Å². The summed E-state index contributed by atoms with van der Waals surface area (Å²) in [6.45, 7) is 4.38. The Balaban J connectivity index is 1.86. The first-order chi connectivity index (χ1) is 12.0. The summed E-state index contributed by atoms with van der Waals surface area (Å²) in [5.41, 5.74) is 2.21. The second-order valence-corrected chi connectivity index (χ2v) is 6.57. The van der Waals surface area contributed by atoms with Crippen molar-refractivity contribution in [2.24, 2.45) is 0 Å². The molecular formula is C20H23FN2O2. The summed E-state index contributed by atoms with van der Waals surface area (Å²) in [6.07, 6.45) is 0. The molecule has 25 heavy (non-hydrogen) atoms. The smallest absolute Gasteiger partial charge is 0.317 e. The number of piperazine rings is 1. The standard InChI is InChI=1S/C20H23FN2O2/c1-15-13-23(12-11-22(15)14-19(24)25)20(16-5-3-2-4-6-16)17-7-9-18(21)10-8-17/h2-10,15,20H,11-14H2,1H3,(H,24,25)/t15-,20?/m1/s1. The van der Waals surface area contributed by atoms with Gasteiger partial charge in [0.25, 0.3) is 0 Å². The molecule has 1 heterocycles. The van der Waals surface area contributed by atoms with Crippen molar-refractivity contribution in [1.29, 1.82) is 0 Å². The third-order valence-electron chi connectivity index (χ3n) is 4.80. The Morgan fingerprint density at radius 3 is 2.36 bits per heavy atom. The van der Waals surface area contributed by atoms with E-state index in [2.05, 4.69) is 24.0 Å². The van der Waals surface area contributed by atoms with Gasteiger partial charge < -0.3 is 5.11 Å². The van der Waals surface area contributed by atoms with Gasteiger partial charge in [-0.15, -0.1) is 0 Å². The van der Waals surface area contributed by atoms with Gasteiger partial charge in [0.2, 0.25) is 0 Å². The maximum atomic E-state index is 13.4. The van der Waals surface area contributed by atoms with Crippen LogP contribution in [-0.2, 0) is 4.79 Å². The van der Waals surface area contributed by atoms with Crippen molar-refractivity contribution in [1.82, 2.24) is 9.80 Å². The van der Waals surface area contributed by atoms with Gasteiger partial charge in [0.1, 0.15) is 5.82 Å². The summed E-state index contributed by atoms with van der Waals surface area (Å²) in [5, 5.41) is 9.05. The number of aliphatic carboxylic acids is 1. The summed E-state index contributed by atoms with van der Waals surface area (Å²) >= 11 is 0. The van der Waals surface area contributed by atoms with Gasteiger partial charge in [-0.1, -0.05) is 42.5 Å². The number of hydrogen-bond donors (Lipinski definition) is 1. The van der Waals surface area contributed by atoms with Crippen LogP contribution >= 0.6 is 0 Å². The highest BCUT2D eigenvalue weighted by Gasteiger charge is 2.30. The highest BCUT2D eigenvalue weighted by molar-refractivity contribution is 5.69. The first kappa shape index (κ1) is 17.6. The van der Waals surface area contributed by atoms with E-state index in [1.54, 1.807) is 0 Å². The molecule has 1 saturated heterocycles. The molecule has 1 N–H and O–H groups in total. The third-order valence-corrected chi connectivity index (χ3v) is 4.80. The molecule has 5 heteroatoms. The molecule has 1 aliphatic heterocycles. The number of rotatable bonds is 5. The molecule has 4 nitrogen and oxygen atoms in total. The SMILES string of the molecule is C[C@@H]1CN(C(c2ccccc2)c2ccc(F)cc2)CCN1CC(=O)O. The normalized spacial score (nSPS) is 20.3. The van der Waals surface area contributed by atoms with Crippen LogP contribution in [0.3, 0.4) is 0 Å². The monoisotopic (exact) mass is 342 g/mol. The van der Waals surface area contributed by atoms with E-state index in [9.17, 15) is 9.18 Å². The predicted octanol–water partition coefficient (Wildman–Crippen LogP) is 3.01. The van der Waals surface area contributed by atoms with E-state index in [4.69, 9.17) is 5.11 Å². The number of carbonyl (C=O) groups is 1. The summed E-state index contributed by atoms with van der Waals surface area (Å²) in [7, 11) is 0. The van der Waals surface area contributed by atoms with Crippen LogP contribution in [0.5, 0.6) is 0 Å². The quantitative estimate of drug-likeness (QED) is 0.907. The van der Waals surface area contributed by atoms with E-state index in [-0.39, 0.29) is 24.4 Å². The van der Waals surface area contributed by atoms with Crippen molar-refractivity contribution in [3.05, 3.63) is 71.5 Å². The minimum absolute atomic E-state index is 0.0382. The fourth-order valence-electron chi connectivity index (χ4n) is 3.56. The number of benzene rings is 2. The third kappa shape index (κ3) is 4.24. The van der Waals surface area contributed by atoms with Crippen LogP contribution in [0.2, 0.25) is 0 Å². The zero-order chi connectivity index (χ0) is 17.8. The maximum Gasteiger partial charge on any atom is 0.317 e. The average molecular weight is 342 g/mol. The Morgan fingerprint density at radius 1 is 1.12 bits per heavy atom. The molecule has 2 aromatic carbocycles. The number of hydrogen-bond acceptors (Lipinski definition) is 3. The summed E-state index contributed by atoms with van der Waals surface area (Å²) in [4.78, 5) is 15.4. The van der Waals surface area contributed by atoms with Crippen molar-refractivity contribution in [2.45, 2.75) is 19.0 Å². The molecule has 3 rings (SSSR count). The summed E-state index contributed by atoms with van der Waals surface area (Å²) < 4.78 is 13.4. The summed E-state index contributed by atoms with van der Waals surface area (Å²) in [6, 6.07) is 17.0. The molecule has 0 bridgehead atoms. The topological polar surface area (TPSA) is 43.8 Å². The van der Waals surface area contributed by atoms with E-state index in [1.165, 1.54) is 12.1 Å². The molecule has 1 aliphatic rings. The van der Waals surface area contributed by atoms with Gasteiger partial charge in [-0.2, -0.15) is 0 Å². The van der Waals surface area contributed by atoms with Gasteiger partial charge in [0.05, 0.1) is 12.6 Å². The lowest BCUT2D eigenvalue weighted by molar-refractivity contribution is -0.139. The zero-order valence-corrected chi connectivity index (χ0v) is 14.3. The first-order valence-corrected chi connectivity index (χ1v) is 8.55. The van der Waals surface area contributed by atoms with Crippen molar-refractivity contribution >= 4 is 5.97 Å². The van der Waals surface area contributed by atoms with Gasteiger partial charge in [-0.05, 0) is 30.2 Å². The number of nitrogens with zero attached hydrogens (tertiary/aromatic N) is 2. The lowest BCUT2D eigenvalue weighted by Crippen LogP contribution is -2.54. The fraction of sp³-hybridized carbons (Fsp3) is 0.350. The average Bonchev–Trinajstić information content (AvgIpc) is 2.60. The molecule has 0 spiro atoms. The lowest BCUT2D eigenvalue weighted by Gasteiger charge is -2.43. The summed E-state index contributed by atoms with van der Waals surface area (Å²) in [5.74, 6) is -1.03. The predicted molar refractivity (Wildman–Crippen MR) is 94.9 cm³/mol. The van der Waals surface area contributed by atoms with E-state index in [0.29, 0.717) is 6.54 Å². The van der Waals surface area contributed by atoms with E-state index in [0.717, 1.165) is 24.2 Å². The highest BCUT2D eigenvalue weighted by atomic mass is 19.1. The van der Waals surface area contributed by atoms with Gasteiger partial charge in [0.15, 0.2) is 0 Å². The van der Waals surface area contributed by atoms with Crippen molar-refractivity contribution in [3.8, 4) is 0 Å². The number of carboxylic acids is 1. The molecule has 0 saturated carbocycles. The van der Waals surface area contributed by atoms with Crippen LogP contribution in [0, 0.1) is 5.82 Å². The van der Waals surface area contributed by atoms with Crippen LogP contribution in [0.4, 0.5) is 4.39 Å². The number of halogens is 1. The van der Waals surface area contributed by atoms with Gasteiger partial charge in [0, 0.05) is 25.7 Å². The van der Waals surface area contributed by atoms with E-state index >= 15 is 0 Å². The second kappa shape index (κ2) is 7.76. The highest BCUT2D eigenvalue weighted by Crippen LogP contribution is 2.30. The zero-order valence-electron chi connectivity index (χ0n) is 14.3. The van der Waals surface area contributed by atoms with E-state index in [1.807, 2.05) is 35.2 Å². The van der Waals surface area contributed by atoms with Gasteiger partial charge in [-0.25, -0.2) is 4.39 Å². The molecule has 132 valence electrons. The molecular weight excluding hydrogens is 319 g/mol. The van der Waals surface area contributed by atoms with E-state index < -0.39 is 5.97 Å². The molecule has 0 amide bonds. The molecule has 1 fully saturated rings. The maximum absolute atomic E-state index is 13.4. The number of carboxylic acid groups (broad SMARTS) is 1. The largest absolute Gasteiger partial charge is 0.480 e. The first-order valence-electron chi connectivity index (χ1n) is 8.55. The molecule has 0 aromatic heterocycles. The van der Waals surface area contributed by atoms with Crippen LogP contribution in [-0.4, -0.2) is 53.1 Å². The fourth-order valence-corrected chi connectivity index (χ4v) is 3.56. The van der Waals surface area contributed by atoms with Crippen LogP contribution in [0.1, 0.15) is 24.1 Å². The minimum atomic E-state index is -0.793. The van der Waals surface area contributed by atoms with Gasteiger partial charge >= 0.3 is 5.97 Å². The van der Waals surface area contributed by atoms with Gasteiger partial charge in [-0.3, -0.25) is 14.6 Å². The molecule has 1 unspecified atom stereocenters. The molecule has 0 aliphatic carbocycles. The second-order valence-electron chi connectivity index (χ2n) is 6.57. The Morgan fingerprint density at radius 2 is 1.76 bits per heavy atom. The van der Waals surface area contributed by atoms with Crippen LogP contribution < -0.4 is 0 Å². The van der Waals surface area contributed by atoms with Crippen molar-refractivity contribution < 1.29 is 14.3 Å². The van der Waals surface area contributed by atoms with Crippen LogP contribution in [0.25, 0.3) is 0 Å². The lowest BCUT2D eigenvalue weighted by atomic mass is 9.95. The Kier molecular flexibility index (Phi) is 5.46. The molecule has 2 aromatic rings. The van der Waals surface area contributed by atoms with Crippen molar-refractivity contribution in [3.63, 3.8) is 0 Å². The Bertz CT molecular complexity index is 705.